The number of hydrogen-bond acceptors (Lipinski definition) is 5. The van der Waals surface area contributed by atoms with Gasteiger partial charge in [0, 0.05) is 24.0 Å². The molecule has 0 aliphatic carbocycles. The van der Waals surface area contributed by atoms with Crippen LogP contribution in [0.25, 0.3) is 11.1 Å². The number of benzene rings is 2. The van der Waals surface area contributed by atoms with Gasteiger partial charge in [-0.1, -0.05) is 54.2 Å². The van der Waals surface area contributed by atoms with Crippen molar-refractivity contribution in [1.29, 1.82) is 0 Å². The van der Waals surface area contributed by atoms with Crippen LogP contribution in [-0.2, 0) is 11.2 Å². The minimum Gasteiger partial charge on any atom is -0.480 e. The fourth-order valence-electron chi connectivity index (χ4n) is 2.49. The molecule has 0 saturated heterocycles. The fraction of sp³-hybridized carbons (Fsp3) is 0.238. The molecule has 0 atom stereocenters. The lowest BCUT2D eigenvalue weighted by atomic mass is 10.1. The Morgan fingerprint density at radius 1 is 1.15 bits per heavy atom. The van der Waals surface area contributed by atoms with Crippen molar-refractivity contribution in [1.82, 2.24) is 4.98 Å². The maximum absolute atomic E-state index is 11.2. The van der Waals surface area contributed by atoms with E-state index in [1.807, 2.05) is 23.6 Å². The maximum Gasteiger partial charge on any atom is 0.319 e. The van der Waals surface area contributed by atoms with Gasteiger partial charge in [0.15, 0.2) is 4.34 Å². The molecule has 1 heterocycles. The van der Waals surface area contributed by atoms with Gasteiger partial charge >= 0.3 is 5.97 Å². The standard InChI is InChI=1S/C21H22N2O2S2/c1-21(2,19(24)25)27-20-23-18(14-26-20)11-12-22-17-10-6-9-16(13-17)15-7-4-3-5-8-15/h3-10,13-14,22H,11-12H2,1-2H3,(H,24,25). The second-order valence-electron chi connectivity index (χ2n) is 6.65. The van der Waals surface area contributed by atoms with Crippen molar-refractivity contribution in [3.05, 3.63) is 65.7 Å². The number of rotatable bonds is 8. The van der Waals surface area contributed by atoms with Crippen LogP contribution in [0.3, 0.4) is 0 Å². The Balaban J connectivity index is 1.56. The molecule has 0 fully saturated rings. The summed E-state index contributed by atoms with van der Waals surface area (Å²) in [5.41, 5.74) is 4.44. The van der Waals surface area contributed by atoms with Crippen molar-refractivity contribution < 1.29 is 9.90 Å². The van der Waals surface area contributed by atoms with Gasteiger partial charge in [0.1, 0.15) is 4.75 Å². The number of carboxylic acid groups (broad SMARTS) is 1. The quantitative estimate of drug-likeness (QED) is 0.496. The van der Waals surface area contributed by atoms with Crippen molar-refractivity contribution in [3.8, 4) is 11.1 Å². The molecule has 0 aliphatic heterocycles. The van der Waals surface area contributed by atoms with E-state index < -0.39 is 10.7 Å². The molecule has 27 heavy (non-hydrogen) atoms. The molecule has 0 unspecified atom stereocenters. The highest BCUT2D eigenvalue weighted by molar-refractivity contribution is 8.02. The molecule has 0 saturated carbocycles. The lowest BCUT2D eigenvalue weighted by Gasteiger charge is -2.15. The predicted molar refractivity (Wildman–Crippen MR) is 114 cm³/mol. The molecule has 2 N–H and O–H groups in total. The summed E-state index contributed by atoms with van der Waals surface area (Å²) < 4.78 is -0.0749. The molecular weight excluding hydrogens is 376 g/mol. The average Bonchev–Trinajstić information content (AvgIpc) is 3.09. The van der Waals surface area contributed by atoms with E-state index in [0.717, 1.165) is 28.7 Å². The molecule has 2 aromatic carbocycles. The minimum atomic E-state index is -0.870. The first-order valence-electron chi connectivity index (χ1n) is 8.70. The van der Waals surface area contributed by atoms with E-state index in [0.29, 0.717) is 0 Å². The van der Waals surface area contributed by atoms with Gasteiger partial charge in [-0.15, -0.1) is 11.3 Å². The first kappa shape index (κ1) is 19.5. The number of anilines is 1. The van der Waals surface area contributed by atoms with E-state index in [9.17, 15) is 9.90 Å². The Labute approximate surface area is 167 Å². The van der Waals surface area contributed by atoms with Crippen LogP contribution in [0, 0.1) is 0 Å². The molecule has 0 aliphatic rings. The van der Waals surface area contributed by atoms with Crippen LogP contribution in [0.4, 0.5) is 5.69 Å². The monoisotopic (exact) mass is 398 g/mol. The van der Waals surface area contributed by atoms with E-state index in [1.165, 1.54) is 34.2 Å². The summed E-state index contributed by atoms with van der Waals surface area (Å²) in [5.74, 6) is -0.829. The van der Waals surface area contributed by atoms with Crippen molar-refractivity contribution in [2.24, 2.45) is 0 Å². The fourth-order valence-corrected chi connectivity index (χ4v) is 4.71. The molecule has 3 rings (SSSR count). The van der Waals surface area contributed by atoms with Gasteiger partial charge < -0.3 is 10.4 Å². The molecule has 3 aromatic rings. The third-order valence-electron chi connectivity index (χ3n) is 4.07. The highest BCUT2D eigenvalue weighted by Gasteiger charge is 2.29. The van der Waals surface area contributed by atoms with Gasteiger partial charge in [0.2, 0.25) is 0 Å². The van der Waals surface area contributed by atoms with Crippen molar-refractivity contribution in [2.75, 3.05) is 11.9 Å². The van der Waals surface area contributed by atoms with Crippen LogP contribution < -0.4 is 5.32 Å². The summed E-state index contributed by atoms with van der Waals surface area (Å²) in [4.78, 5) is 15.8. The summed E-state index contributed by atoms with van der Waals surface area (Å²) >= 11 is 2.79. The second kappa shape index (κ2) is 8.59. The first-order valence-corrected chi connectivity index (χ1v) is 10.4. The zero-order valence-corrected chi connectivity index (χ0v) is 16.9. The summed E-state index contributed by atoms with van der Waals surface area (Å²) in [6.07, 6.45) is 0.792. The number of aliphatic carboxylic acids is 1. The summed E-state index contributed by atoms with van der Waals surface area (Å²) in [7, 11) is 0. The van der Waals surface area contributed by atoms with Crippen molar-refractivity contribution in [2.45, 2.75) is 29.4 Å². The number of nitrogens with zero attached hydrogens (tertiary/aromatic N) is 1. The molecule has 4 nitrogen and oxygen atoms in total. The SMILES string of the molecule is CC(C)(Sc1nc(CCNc2cccc(-c3ccccc3)c2)cs1)C(=O)O. The van der Waals surface area contributed by atoms with E-state index in [4.69, 9.17) is 0 Å². The Bertz CT molecular complexity index is 907. The third-order valence-corrected chi connectivity index (χ3v) is 6.24. The van der Waals surface area contributed by atoms with Gasteiger partial charge in [-0.05, 0) is 37.1 Å². The van der Waals surface area contributed by atoms with Gasteiger partial charge in [-0.3, -0.25) is 4.79 Å². The summed E-state index contributed by atoms with van der Waals surface area (Å²) in [6, 6.07) is 18.7. The number of thiazole rings is 1. The van der Waals surface area contributed by atoms with E-state index >= 15 is 0 Å². The van der Waals surface area contributed by atoms with Gasteiger partial charge in [-0.2, -0.15) is 0 Å². The third kappa shape index (κ3) is 5.34. The number of carbonyl (C=O) groups is 1. The van der Waals surface area contributed by atoms with Crippen LogP contribution in [0.15, 0.2) is 64.3 Å². The topological polar surface area (TPSA) is 62.2 Å². The highest BCUT2D eigenvalue weighted by atomic mass is 32.2. The molecule has 0 radical (unpaired) electrons. The van der Waals surface area contributed by atoms with Crippen LogP contribution in [-0.4, -0.2) is 27.4 Å². The van der Waals surface area contributed by atoms with Crippen molar-refractivity contribution >= 4 is 34.8 Å². The number of carboxylic acids is 1. The Morgan fingerprint density at radius 2 is 1.89 bits per heavy atom. The lowest BCUT2D eigenvalue weighted by Crippen LogP contribution is -2.26. The molecule has 0 spiro atoms. The molecule has 0 amide bonds. The number of hydrogen-bond donors (Lipinski definition) is 2. The van der Waals surface area contributed by atoms with Gasteiger partial charge in [0.05, 0.1) is 5.69 Å². The Kier molecular flexibility index (Phi) is 6.19. The van der Waals surface area contributed by atoms with Gasteiger partial charge in [-0.25, -0.2) is 4.98 Å². The van der Waals surface area contributed by atoms with E-state index in [1.54, 1.807) is 13.8 Å². The molecule has 1 aromatic heterocycles. The summed E-state index contributed by atoms with van der Waals surface area (Å²) in [6.45, 7) is 4.17. The zero-order chi connectivity index (χ0) is 19.3. The highest BCUT2D eigenvalue weighted by Crippen LogP contribution is 2.34. The van der Waals surface area contributed by atoms with Crippen LogP contribution in [0.5, 0.6) is 0 Å². The maximum atomic E-state index is 11.2. The Hall–Kier alpha value is -2.31. The van der Waals surface area contributed by atoms with Crippen LogP contribution >= 0.6 is 23.1 Å². The number of thioether (sulfide) groups is 1. The van der Waals surface area contributed by atoms with Crippen LogP contribution in [0.1, 0.15) is 19.5 Å². The molecule has 0 bridgehead atoms. The number of nitrogens with one attached hydrogen (secondary N) is 1. The second-order valence-corrected chi connectivity index (χ2v) is 9.37. The minimum absolute atomic E-state index is 0.772. The largest absolute Gasteiger partial charge is 0.480 e. The Morgan fingerprint density at radius 3 is 2.63 bits per heavy atom. The van der Waals surface area contributed by atoms with Crippen molar-refractivity contribution in [3.63, 3.8) is 0 Å². The first-order chi connectivity index (χ1) is 12.9. The van der Waals surface area contributed by atoms with E-state index in [-0.39, 0.29) is 0 Å². The zero-order valence-electron chi connectivity index (χ0n) is 15.3. The molecule has 6 heteroatoms. The predicted octanol–water partition coefficient (Wildman–Crippen LogP) is 5.42. The average molecular weight is 399 g/mol. The molecule has 140 valence electrons. The van der Waals surface area contributed by atoms with E-state index in [2.05, 4.69) is 46.7 Å². The lowest BCUT2D eigenvalue weighted by molar-refractivity contribution is -0.138. The normalized spacial score (nSPS) is 11.3. The van der Waals surface area contributed by atoms with Crippen LogP contribution in [0.2, 0.25) is 0 Å². The smallest absolute Gasteiger partial charge is 0.319 e. The number of aromatic nitrogens is 1. The molecular formula is C21H22N2O2S2. The summed E-state index contributed by atoms with van der Waals surface area (Å²) in [5, 5.41) is 14.7. The van der Waals surface area contributed by atoms with Gasteiger partial charge in [0.25, 0.3) is 0 Å².